The van der Waals surface area contributed by atoms with Crippen molar-refractivity contribution in [2.24, 2.45) is 0 Å². The van der Waals surface area contributed by atoms with E-state index in [1.165, 1.54) is 45.6 Å². The lowest BCUT2D eigenvalue weighted by molar-refractivity contribution is -0.118. The van der Waals surface area contributed by atoms with E-state index in [9.17, 15) is 14.4 Å². The second kappa shape index (κ2) is 9.23. The molecule has 0 aliphatic heterocycles. The van der Waals surface area contributed by atoms with E-state index >= 15 is 0 Å². The molecule has 0 saturated heterocycles. The molecule has 0 radical (unpaired) electrons. The Morgan fingerprint density at radius 3 is 2.26 bits per heavy atom. The maximum atomic E-state index is 12.2. The van der Waals surface area contributed by atoms with E-state index in [1.54, 1.807) is 18.2 Å². The molecule has 0 aliphatic rings. The number of methoxy groups -OCH3 is 3. The van der Waals surface area contributed by atoms with Gasteiger partial charge in [0.25, 0.3) is 5.91 Å². The number of hydrogen-bond donors (Lipinski definition) is 1. The highest BCUT2D eigenvalue weighted by molar-refractivity contribution is 6.01. The topological polar surface area (TPSA) is 100 Å². The smallest absolute Gasteiger partial charge is 0.339 e. The Hall–Kier alpha value is -3.55. The van der Waals surface area contributed by atoms with Crippen LogP contribution in [0.2, 0.25) is 0 Å². The molecule has 0 aromatic heterocycles. The van der Waals surface area contributed by atoms with E-state index < -0.39 is 17.8 Å². The third-order valence-electron chi connectivity index (χ3n) is 3.55. The van der Waals surface area contributed by atoms with E-state index in [1.807, 2.05) is 0 Å². The van der Waals surface area contributed by atoms with Crippen molar-refractivity contribution in [1.29, 1.82) is 0 Å². The van der Waals surface area contributed by atoms with Crippen LogP contribution in [0.4, 0.5) is 5.69 Å². The lowest BCUT2D eigenvalue weighted by Gasteiger charge is -2.13. The van der Waals surface area contributed by atoms with Crippen LogP contribution in [0, 0.1) is 0 Å². The quantitative estimate of drug-likeness (QED) is 0.743. The largest absolute Gasteiger partial charge is 0.493 e. The molecule has 0 spiro atoms. The molecular formula is C19H19NO7. The van der Waals surface area contributed by atoms with Gasteiger partial charge in [0.1, 0.15) is 0 Å². The number of esters is 2. The van der Waals surface area contributed by atoms with Gasteiger partial charge in [0.2, 0.25) is 0 Å². The zero-order chi connectivity index (χ0) is 19.8. The maximum Gasteiger partial charge on any atom is 0.339 e. The molecule has 2 rings (SSSR count). The fraction of sp³-hybridized carbons (Fsp3) is 0.211. The maximum absolute atomic E-state index is 12.2. The van der Waals surface area contributed by atoms with E-state index in [4.69, 9.17) is 9.47 Å². The van der Waals surface area contributed by atoms with Crippen molar-refractivity contribution >= 4 is 23.5 Å². The fourth-order valence-corrected chi connectivity index (χ4v) is 2.24. The number of hydrogen-bond acceptors (Lipinski definition) is 7. The van der Waals surface area contributed by atoms with Crippen LogP contribution < -0.4 is 14.8 Å². The number of amides is 1. The fourth-order valence-electron chi connectivity index (χ4n) is 2.24. The van der Waals surface area contributed by atoms with Crippen LogP contribution in [-0.4, -0.2) is 45.8 Å². The summed E-state index contributed by atoms with van der Waals surface area (Å²) in [5, 5.41) is 2.59. The lowest BCUT2D eigenvalue weighted by Crippen LogP contribution is -2.22. The first-order valence-electron chi connectivity index (χ1n) is 7.86. The van der Waals surface area contributed by atoms with Crippen LogP contribution in [0.15, 0.2) is 42.5 Å². The van der Waals surface area contributed by atoms with Gasteiger partial charge in [0, 0.05) is 0 Å². The molecule has 8 nitrogen and oxygen atoms in total. The Balaban J connectivity index is 2.06. The molecule has 1 amide bonds. The van der Waals surface area contributed by atoms with Crippen LogP contribution in [0.25, 0.3) is 0 Å². The third-order valence-corrected chi connectivity index (χ3v) is 3.55. The normalized spacial score (nSPS) is 9.89. The Bertz CT molecular complexity index is 848. The zero-order valence-electron chi connectivity index (χ0n) is 15.1. The van der Waals surface area contributed by atoms with Crippen LogP contribution in [0.3, 0.4) is 0 Å². The number of anilines is 1. The highest BCUT2D eigenvalue weighted by Gasteiger charge is 2.15. The summed E-state index contributed by atoms with van der Waals surface area (Å²) in [5.74, 6) is -1.00. The van der Waals surface area contributed by atoms with Gasteiger partial charge < -0.3 is 24.3 Å². The summed E-state index contributed by atoms with van der Waals surface area (Å²) in [7, 11) is 3.94. The molecular weight excluding hydrogens is 354 g/mol. The standard InChI is InChI=1S/C19H19NO7/c1-24-16-10-12(18(22)25-2)8-9-15(16)27-11-17(21)20-14-7-5-4-6-13(14)19(23)26-3/h4-10H,11H2,1-3H3,(H,20,21). The van der Waals surface area contributed by atoms with Crippen LogP contribution in [-0.2, 0) is 14.3 Å². The summed E-state index contributed by atoms with van der Waals surface area (Å²) in [6.07, 6.45) is 0. The average Bonchev–Trinajstić information content (AvgIpc) is 2.71. The monoisotopic (exact) mass is 373 g/mol. The highest BCUT2D eigenvalue weighted by Crippen LogP contribution is 2.28. The third kappa shape index (κ3) is 4.97. The predicted octanol–water partition coefficient (Wildman–Crippen LogP) is 2.29. The van der Waals surface area contributed by atoms with Gasteiger partial charge in [-0.15, -0.1) is 0 Å². The van der Waals surface area contributed by atoms with Gasteiger partial charge in [-0.1, -0.05) is 12.1 Å². The van der Waals surface area contributed by atoms with E-state index in [2.05, 4.69) is 14.8 Å². The molecule has 0 atom stereocenters. The van der Waals surface area contributed by atoms with Crippen molar-refractivity contribution in [3.8, 4) is 11.5 Å². The highest BCUT2D eigenvalue weighted by atomic mass is 16.5. The molecule has 142 valence electrons. The lowest BCUT2D eigenvalue weighted by atomic mass is 10.2. The molecule has 2 aromatic carbocycles. The van der Waals surface area contributed by atoms with Gasteiger partial charge >= 0.3 is 11.9 Å². The van der Waals surface area contributed by atoms with Crippen molar-refractivity contribution in [1.82, 2.24) is 0 Å². The second-order valence-electron chi connectivity index (χ2n) is 5.23. The second-order valence-corrected chi connectivity index (χ2v) is 5.23. The van der Waals surface area contributed by atoms with Crippen LogP contribution in [0.1, 0.15) is 20.7 Å². The first kappa shape index (κ1) is 19.8. The number of benzene rings is 2. The van der Waals surface area contributed by atoms with Crippen molar-refractivity contribution in [2.45, 2.75) is 0 Å². The van der Waals surface area contributed by atoms with Crippen molar-refractivity contribution < 1.29 is 33.3 Å². The minimum atomic E-state index is -0.563. The first-order valence-corrected chi connectivity index (χ1v) is 7.86. The summed E-state index contributed by atoms with van der Waals surface area (Å²) >= 11 is 0. The summed E-state index contributed by atoms with van der Waals surface area (Å²) in [4.78, 5) is 35.5. The molecule has 0 heterocycles. The minimum absolute atomic E-state index is 0.230. The Morgan fingerprint density at radius 1 is 0.889 bits per heavy atom. The summed E-state index contributed by atoms with van der Waals surface area (Å²) in [6, 6.07) is 10.9. The summed E-state index contributed by atoms with van der Waals surface area (Å²) in [6.45, 7) is -0.330. The van der Waals surface area contributed by atoms with E-state index in [0.29, 0.717) is 5.69 Å². The molecule has 0 fully saturated rings. The molecule has 1 N–H and O–H groups in total. The van der Waals surface area contributed by atoms with Crippen molar-refractivity contribution in [3.63, 3.8) is 0 Å². The number of carbonyl (C=O) groups is 3. The van der Waals surface area contributed by atoms with Gasteiger partial charge in [-0.25, -0.2) is 9.59 Å². The number of nitrogens with one attached hydrogen (secondary N) is 1. The Morgan fingerprint density at radius 2 is 1.59 bits per heavy atom. The van der Waals surface area contributed by atoms with Gasteiger partial charge in [0.15, 0.2) is 18.1 Å². The van der Waals surface area contributed by atoms with Gasteiger partial charge in [-0.05, 0) is 30.3 Å². The van der Waals surface area contributed by atoms with Gasteiger partial charge in [-0.2, -0.15) is 0 Å². The van der Waals surface area contributed by atoms with Crippen LogP contribution in [0.5, 0.6) is 11.5 Å². The first-order chi connectivity index (χ1) is 13.0. The molecule has 27 heavy (non-hydrogen) atoms. The molecule has 2 aromatic rings. The summed E-state index contributed by atoms with van der Waals surface area (Å²) < 4.78 is 19.9. The SMILES string of the molecule is COC(=O)c1ccc(OCC(=O)Nc2ccccc2C(=O)OC)c(OC)c1. The molecule has 0 aliphatic carbocycles. The number of rotatable bonds is 7. The number of ether oxygens (including phenoxy) is 4. The predicted molar refractivity (Wildman–Crippen MR) is 96.2 cm³/mol. The Kier molecular flexibility index (Phi) is 6.76. The van der Waals surface area contributed by atoms with E-state index in [-0.39, 0.29) is 29.2 Å². The molecule has 8 heteroatoms. The zero-order valence-corrected chi connectivity index (χ0v) is 15.1. The van der Waals surface area contributed by atoms with Crippen molar-refractivity contribution in [2.75, 3.05) is 33.3 Å². The van der Waals surface area contributed by atoms with E-state index in [0.717, 1.165) is 0 Å². The number of carbonyl (C=O) groups excluding carboxylic acids is 3. The number of para-hydroxylation sites is 1. The average molecular weight is 373 g/mol. The van der Waals surface area contributed by atoms with Crippen LogP contribution >= 0.6 is 0 Å². The molecule has 0 bridgehead atoms. The molecule has 0 saturated carbocycles. The Labute approximate surface area is 156 Å². The van der Waals surface area contributed by atoms with Gasteiger partial charge in [0.05, 0.1) is 38.1 Å². The summed E-state index contributed by atoms with van der Waals surface area (Å²) in [5.41, 5.74) is 0.831. The minimum Gasteiger partial charge on any atom is -0.493 e. The molecule has 0 unspecified atom stereocenters. The van der Waals surface area contributed by atoms with Crippen molar-refractivity contribution in [3.05, 3.63) is 53.6 Å². The van der Waals surface area contributed by atoms with Gasteiger partial charge in [-0.3, -0.25) is 4.79 Å².